The number of methoxy groups -OCH3 is 1. The lowest BCUT2D eigenvalue weighted by Crippen LogP contribution is -2.51. The summed E-state index contributed by atoms with van der Waals surface area (Å²) < 4.78 is 11.2. The third kappa shape index (κ3) is 5.39. The maximum atomic E-state index is 12.1. The minimum atomic E-state index is 0.00198. The fourth-order valence-electron chi connectivity index (χ4n) is 4.50. The number of unbranched alkanes of at least 4 members (excludes halogenated alkanes) is 2. The van der Waals surface area contributed by atoms with Crippen LogP contribution in [0, 0.1) is 5.92 Å². The molecule has 4 aliphatic rings. The molecule has 4 aliphatic heterocycles. The van der Waals surface area contributed by atoms with Crippen LogP contribution in [0.15, 0.2) is 0 Å². The van der Waals surface area contributed by atoms with E-state index in [1.54, 1.807) is 7.11 Å². The van der Waals surface area contributed by atoms with E-state index in [9.17, 15) is 4.79 Å². The van der Waals surface area contributed by atoms with Crippen LogP contribution in [0.2, 0.25) is 0 Å². The van der Waals surface area contributed by atoms with E-state index in [0.29, 0.717) is 12.3 Å². The topological polar surface area (TPSA) is 68.0 Å². The number of carbonyl (C=O) groups excluding carboxylic acids is 1. The van der Waals surface area contributed by atoms with Crippen molar-refractivity contribution in [1.29, 1.82) is 0 Å². The molecule has 2 bridgehead atoms. The molecule has 3 atom stereocenters. The van der Waals surface area contributed by atoms with Crippen molar-refractivity contribution >= 4 is 5.97 Å². The van der Waals surface area contributed by atoms with Crippen LogP contribution in [0.25, 0.3) is 0 Å². The summed E-state index contributed by atoms with van der Waals surface area (Å²) in [4.78, 5) is 16.9. The van der Waals surface area contributed by atoms with E-state index in [-0.39, 0.29) is 24.2 Å². The molecule has 0 spiro atoms. The monoisotopic (exact) mass is 353 g/mol. The molecule has 0 unspecified atom stereocenters. The zero-order valence-electron chi connectivity index (χ0n) is 15.7. The van der Waals surface area contributed by atoms with E-state index in [1.165, 1.54) is 25.9 Å². The highest BCUT2D eigenvalue weighted by Gasteiger charge is 2.36. The van der Waals surface area contributed by atoms with Crippen molar-refractivity contribution in [2.45, 2.75) is 63.2 Å². The molecule has 4 rings (SSSR count). The van der Waals surface area contributed by atoms with E-state index in [1.807, 2.05) is 0 Å². The number of likely N-dealkylation sites (tertiary alicyclic amines) is 1. The van der Waals surface area contributed by atoms with Gasteiger partial charge in [-0.2, -0.15) is 0 Å². The molecule has 0 aromatic heterocycles. The molecule has 144 valence electrons. The highest BCUT2D eigenvalue weighted by atomic mass is 16.5. The summed E-state index contributed by atoms with van der Waals surface area (Å²) in [6.07, 6.45) is 7.40. The largest absolute Gasteiger partial charge is 0.461 e. The quantitative estimate of drug-likeness (QED) is 0.523. The molecule has 0 saturated carbocycles. The number of ether oxygens (including phenoxy) is 2. The summed E-state index contributed by atoms with van der Waals surface area (Å²) in [5.41, 5.74) is 6.05. The summed E-state index contributed by atoms with van der Waals surface area (Å²) in [6.45, 7) is 6.38. The van der Waals surface area contributed by atoms with Crippen LogP contribution in [0.5, 0.6) is 0 Å². The first-order valence-corrected chi connectivity index (χ1v) is 10.1. The second-order valence-corrected chi connectivity index (χ2v) is 8.00. The van der Waals surface area contributed by atoms with Gasteiger partial charge in [-0.05, 0) is 64.2 Å². The maximum absolute atomic E-state index is 12.1. The van der Waals surface area contributed by atoms with E-state index < -0.39 is 0 Å². The van der Waals surface area contributed by atoms with Crippen molar-refractivity contribution in [2.24, 2.45) is 11.7 Å². The molecule has 0 aromatic carbocycles. The van der Waals surface area contributed by atoms with Gasteiger partial charge in [0.25, 0.3) is 0 Å². The Labute approximate surface area is 152 Å². The summed E-state index contributed by atoms with van der Waals surface area (Å²) in [6, 6.07) is 0.169. The van der Waals surface area contributed by atoms with E-state index in [2.05, 4.69) is 9.80 Å². The van der Waals surface area contributed by atoms with Gasteiger partial charge in [0.2, 0.25) is 0 Å². The average molecular weight is 354 g/mol. The summed E-state index contributed by atoms with van der Waals surface area (Å²) >= 11 is 0. The second kappa shape index (κ2) is 9.31. The molecule has 0 aliphatic carbocycles. The number of nitrogens with zero attached hydrogens (tertiary/aromatic N) is 2. The van der Waals surface area contributed by atoms with Crippen LogP contribution in [0.1, 0.15) is 44.9 Å². The molecule has 6 nitrogen and oxygen atoms in total. The number of esters is 1. The summed E-state index contributed by atoms with van der Waals surface area (Å²) in [7, 11) is 1.74. The minimum absolute atomic E-state index is 0.00198. The maximum Gasteiger partial charge on any atom is 0.306 e. The van der Waals surface area contributed by atoms with Gasteiger partial charge in [0.1, 0.15) is 6.10 Å². The fraction of sp³-hybridized carbons (Fsp3) is 0.947. The molecular formula is C19H35N3O3. The van der Waals surface area contributed by atoms with E-state index >= 15 is 0 Å². The highest BCUT2D eigenvalue weighted by molar-refractivity contribution is 5.69. The zero-order chi connectivity index (χ0) is 17.6. The van der Waals surface area contributed by atoms with Gasteiger partial charge in [-0.15, -0.1) is 0 Å². The van der Waals surface area contributed by atoms with Gasteiger partial charge in [0.15, 0.2) is 0 Å². The fourth-order valence-corrected chi connectivity index (χ4v) is 4.50. The lowest BCUT2D eigenvalue weighted by atomic mass is 9.86. The van der Waals surface area contributed by atoms with Crippen LogP contribution in [0.3, 0.4) is 0 Å². The highest BCUT2D eigenvalue weighted by Crippen LogP contribution is 2.29. The van der Waals surface area contributed by atoms with Crippen LogP contribution >= 0.6 is 0 Å². The van der Waals surface area contributed by atoms with Gasteiger partial charge in [0, 0.05) is 32.7 Å². The van der Waals surface area contributed by atoms with E-state index in [0.717, 1.165) is 51.9 Å². The number of hydrogen-bond donors (Lipinski definition) is 1. The molecule has 4 heterocycles. The molecule has 4 fully saturated rings. The molecule has 0 amide bonds. The summed E-state index contributed by atoms with van der Waals surface area (Å²) in [5, 5.41) is 0. The van der Waals surface area contributed by atoms with Crippen LogP contribution < -0.4 is 5.73 Å². The Balaban J connectivity index is 1.24. The van der Waals surface area contributed by atoms with Crippen LogP contribution in [-0.4, -0.2) is 80.4 Å². The molecular weight excluding hydrogens is 318 g/mol. The first-order chi connectivity index (χ1) is 12.2. The number of fused-ring (bicyclic) bond motifs is 3. The first-order valence-electron chi connectivity index (χ1n) is 10.1. The van der Waals surface area contributed by atoms with E-state index in [4.69, 9.17) is 15.2 Å². The lowest BCUT2D eigenvalue weighted by molar-refractivity contribution is -0.158. The normalized spacial score (nSPS) is 35.7. The average Bonchev–Trinajstić information content (AvgIpc) is 2.63. The second-order valence-electron chi connectivity index (χ2n) is 8.00. The standard InChI is InChI=1S/C19H35N3O3/c1-24-18-14-21(12-8-16(18)20)9-4-2-3-5-19(23)25-17-13-22-10-6-15(17)7-11-22/h15-18H,2-14,20H2,1H3/t16-,17+,18+/m1/s1. The van der Waals surface area contributed by atoms with Gasteiger partial charge in [-0.25, -0.2) is 0 Å². The van der Waals surface area contributed by atoms with Crippen molar-refractivity contribution in [3.63, 3.8) is 0 Å². The predicted molar refractivity (Wildman–Crippen MR) is 97.3 cm³/mol. The number of nitrogens with two attached hydrogens (primary N) is 1. The Morgan fingerprint density at radius 2 is 1.84 bits per heavy atom. The zero-order valence-corrected chi connectivity index (χ0v) is 15.7. The molecule has 0 radical (unpaired) electrons. The van der Waals surface area contributed by atoms with Crippen molar-refractivity contribution in [3.05, 3.63) is 0 Å². The van der Waals surface area contributed by atoms with Crippen molar-refractivity contribution in [1.82, 2.24) is 9.80 Å². The minimum Gasteiger partial charge on any atom is -0.461 e. The van der Waals surface area contributed by atoms with Gasteiger partial charge in [0.05, 0.1) is 6.10 Å². The Morgan fingerprint density at radius 1 is 1.04 bits per heavy atom. The van der Waals surface area contributed by atoms with Crippen molar-refractivity contribution < 1.29 is 14.3 Å². The SMILES string of the molecule is CO[C@H]1CN(CCCCCC(=O)O[C@H]2CN3CCC2CC3)CC[C@H]1N. The number of hydrogen-bond acceptors (Lipinski definition) is 6. The molecule has 6 heteroatoms. The Bertz CT molecular complexity index is 426. The predicted octanol–water partition coefficient (Wildman–Crippen LogP) is 1.23. The Kier molecular flexibility index (Phi) is 7.10. The van der Waals surface area contributed by atoms with Gasteiger partial charge in [-0.3, -0.25) is 9.69 Å². The van der Waals surface area contributed by atoms with Gasteiger partial charge >= 0.3 is 5.97 Å². The third-order valence-corrected chi connectivity index (χ3v) is 6.23. The molecule has 0 aromatic rings. The number of carbonyl (C=O) groups is 1. The lowest BCUT2D eigenvalue weighted by Gasteiger charge is -2.43. The Hall–Kier alpha value is -0.690. The first kappa shape index (κ1) is 19.1. The summed E-state index contributed by atoms with van der Waals surface area (Å²) in [5.74, 6) is 0.607. The number of rotatable bonds is 8. The van der Waals surface area contributed by atoms with Crippen LogP contribution in [-0.2, 0) is 14.3 Å². The van der Waals surface area contributed by atoms with Gasteiger partial charge in [-0.1, -0.05) is 6.42 Å². The molecule has 2 N–H and O–H groups in total. The van der Waals surface area contributed by atoms with Crippen molar-refractivity contribution in [3.8, 4) is 0 Å². The van der Waals surface area contributed by atoms with Gasteiger partial charge < -0.3 is 20.1 Å². The van der Waals surface area contributed by atoms with Crippen molar-refractivity contribution in [2.75, 3.05) is 46.4 Å². The smallest absolute Gasteiger partial charge is 0.306 e. The van der Waals surface area contributed by atoms with Crippen LogP contribution in [0.4, 0.5) is 0 Å². The molecule has 4 saturated heterocycles. The Morgan fingerprint density at radius 3 is 2.52 bits per heavy atom. The molecule has 25 heavy (non-hydrogen) atoms. The third-order valence-electron chi connectivity index (χ3n) is 6.23. The number of piperidine rings is 4.